The maximum atomic E-state index is 13.5. The second kappa shape index (κ2) is 9.52. The number of anilines is 1. The van der Waals surface area contributed by atoms with Crippen LogP contribution < -0.4 is 9.64 Å². The van der Waals surface area contributed by atoms with Crippen LogP contribution in [-0.4, -0.2) is 41.1 Å². The van der Waals surface area contributed by atoms with E-state index in [1.807, 2.05) is 49.4 Å². The number of benzene rings is 3. The van der Waals surface area contributed by atoms with Crippen molar-refractivity contribution in [3.8, 4) is 16.9 Å². The van der Waals surface area contributed by atoms with Gasteiger partial charge in [0, 0.05) is 36.2 Å². The minimum absolute atomic E-state index is 0.0437. The highest BCUT2D eigenvalue weighted by Gasteiger charge is 2.39. The number of fused-ring (bicyclic) bond motifs is 4. The highest BCUT2D eigenvalue weighted by atomic mass is 32.2. The van der Waals surface area contributed by atoms with Gasteiger partial charge < -0.3 is 9.64 Å². The number of thioether (sulfide) groups is 2. The average molecular weight is 545 g/mol. The molecule has 10 heteroatoms. The third-order valence-electron chi connectivity index (χ3n) is 6.88. The molecule has 3 aromatic carbocycles. The number of amides is 1. The zero-order valence-corrected chi connectivity index (χ0v) is 22.7. The first kappa shape index (κ1) is 24.6. The van der Waals surface area contributed by atoms with Gasteiger partial charge in [0.1, 0.15) is 15.7 Å². The predicted molar refractivity (Wildman–Crippen MR) is 152 cm³/mol. The SMILES string of the molecule is CCN1C(=O)C(=C2Sc3ccc(OC)cc3N2CC)SC1=Nc1ccc2c(c1)Cc1cc([N+](=O)[O-])ccc1-2. The Morgan fingerprint density at radius 2 is 1.71 bits per heavy atom. The van der Waals surface area contributed by atoms with Gasteiger partial charge in [0.25, 0.3) is 11.6 Å². The van der Waals surface area contributed by atoms with Crippen molar-refractivity contribution in [2.45, 2.75) is 25.2 Å². The number of carbonyl (C=O) groups excluding carboxylic acids is 1. The lowest BCUT2D eigenvalue weighted by Gasteiger charge is -2.19. The number of aliphatic imine (C=N–C) groups is 1. The first-order valence-corrected chi connectivity index (χ1v) is 13.9. The molecule has 0 radical (unpaired) electrons. The molecule has 0 N–H and O–H groups in total. The zero-order chi connectivity index (χ0) is 26.6. The normalized spacial score (nSPS) is 18.7. The summed E-state index contributed by atoms with van der Waals surface area (Å²) in [6, 6.07) is 17.0. The van der Waals surface area contributed by atoms with Gasteiger partial charge in [-0.05, 0) is 84.6 Å². The second-order valence-corrected chi connectivity index (χ2v) is 11.0. The Kier molecular flexibility index (Phi) is 6.16. The summed E-state index contributed by atoms with van der Waals surface area (Å²) in [5, 5.41) is 12.8. The van der Waals surface area contributed by atoms with Crippen LogP contribution in [0.5, 0.6) is 5.75 Å². The molecule has 1 amide bonds. The fourth-order valence-corrected chi connectivity index (χ4v) is 7.48. The Morgan fingerprint density at radius 3 is 2.42 bits per heavy atom. The number of hydrogen-bond acceptors (Lipinski definition) is 8. The van der Waals surface area contributed by atoms with E-state index < -0.39 is 0 Å². The third-order valence-corrected chi connectivity index (χ3v) is 9.26. The van der Waals surface area contributed by atoms with Crippen molar-refractivity contribution in [3.63, 3.8) is 0 Å². The Balaban J connectivity index is 1.33. The van der Waals surface area contributed by atoms with Crippen molar-refractivity contribution >= 4 is 51.7 Å². The van der Waals surface area contributed by atoms with E-state index in [9.17, 15) is 14.9 Å². The largest absolute Gasteiger partial charge is 0.497 e. The molecule has 2 aliphatic heterocycles. The van der Waals surface area contributed by atoms with Crippen molar-refractivity contribution in [3.05, 3.63) is 85.8 Å². The van der Waals surface area contributed by atoms with Crippen LogP contribution in [0.4, 0.5) is 17.1 Å². The molecule has 0 atom stereocenters. The number of ether oxygens (including phenoxy) is 1. The van der Waals surface area contributed by atoms with Crippen LogP contribution >= 0.6 is 23.5 Å². The van der Waals surface area contributed by atoms with Crippen molar-refractivity contribution in [1.29, 1.82) is 0 Å². The summed E-state index contributed by atoms with van der Waals surface area (Å²) in [7, 11) is 1.65. The first-order chi connectivity index (χ1) is 18.4. The summed E-state index contributed by atoms with van der Waals surface area (Å²) < 4.78 is 5.42. The molecular weight excluding hydrogens is 520 g/mol. The molecule has 2 heterocycles. The molecule has 0 saturated carbocycles. The highest BCUT2D eigenvalue weighted by molar-refractivity contribution is 8.19. The van der Waals surface area contributed by atoms with Gasteiger partial charge >= 0.3 is 0 Å². The molecule has 0 spiro atoms. The molecule has 8 nitrogen and oxygen atoms in total. The van der Waals surface area contributed by atoms with E-state index in [0.717, 1.165) is 55.8 Å². The number of nitrogens with zero attached hydrogens (tertiary/aromatic N) is 4. The van der Waals surface area contributed by atoms with Crippen molar-refractivity contribution < 1.29 is 14.5 Å². The van der Waals surface area contributed by atoms with E-state index >= 15 is 0 Å². The molecule has 38 heavy (non-hydrogen) atoms. The van der Waals surface area contributed by atoms with E-state index in [-0.39, 0.29) is 16.5 Å². The van der Waals surface area contributed by atoms with Crippen LogP contribution in [0.2, 0.25) is 0 Å². The minimum atomic E-state index is -0.363. The molecule has 192 valence electrons. The minimum Gasteiger partial charge on any atom is -0.497 e. The van der Waals surface area contributed by atoms with Crippen molar-refractivity contribution in [2.24, 2.45) is 4.99 Å². The van der Waals surface area contributed by atoms with Crippen LogP contribution in [-0.2, 0) is 11.2 Å². The maximum Gasteiger partial charge on any atom is 0.269 e. The number of methoxy groups -OCH3 is 1. The Hall–Kier alpha value is -3.76. The molecule has 3 aliphatic rings. The van der Waals surface area contributed by atoms with Gasteiger partial charge in [0.15, 0.2) is 5.17 Å². The third kappa shape index (κ3) is 3.95. The second-order valence-electron chi connectivity index (χ2n) is 8.98. The van der Waals surface area contributed by atoms with Gasteiger partial charge in [-0.3, -0.25) is 19.8 Å². The monoisotopic (exact) mass is 544 g/mol. The molecule has 0 unspecified atom stereocenters. The zero-order valence-electron chi connectivity index (χ0n) is 21.1. The van der Waals surface area contributed by atoms with Crippen LogP contribution in [0.1, 0.15) is 25.0 Å². The quantitative estimate of drug-likeness (QED) is 0.160. The van der Waals surface area contributed by atoms with Crippen molar-refractivity contribution in [2.75, 3.05) is 25.1 Å². The van der Waals surface area contributed by atoms with E-state index in [1.165, 1.54) is 11.8 Å². The number of non-ortho nitro benzene ring substituents is 1. The molecule has 0 aromatic heterocycles. The lowest BCUT2D eigenvalue weighted by atomic mass is 10.1. The van der Waals surface area contributed by atoms with E-state index in [4.69, 9.17) is 9.73 Å². The summed E-state index contributed by atoms with van der Waals surface area (Å²) in [5.74, 6) is 0.739. The van der Waals surface area contributed by atoms with Gasteiger partial charge in [-0.25, -0.2) is 4.99 Å². The average Bonchev–Trinajstić information content (AvgIpc) is 3.57. The van der Waals surface area contributed by atoms with Gasteiger partial charge in [0.05, 0.1) is 23.4 Å². The predicted octanol–water partition coefficient (Wildman–Crippen LogP) is 6.56. The van der Waals surface area contributed by atoms with Crippen LogP contribution in [0.25, 0.3) is 11.1 Å². The van der Waals surface area contributed by atoms with E-state index in [1.54, 1.807) is 35.9 Å². The topological polar surface area (TPSA) is 88.3 Å². The number of hydrogen-bond donors (Lipinski definition) is 0. The fourth-order valence-electron chi connectivity index (χ4n) is 5.05. The molecule has 1 saturated heterocycles. The van der Waals surface area contributed by atoms with Crippen LogP contribution in [0.3, 0.4) is 0 Å². The van der Waals surface area contributed by atoms with Gasteiger partial charge in [-0.2, -0.15) is 0 Å². The van der Waals surface area contributed by atoms with Gasteiger partial charge in [-0.15, -0.1) is 0 Å². The summed E-state index contributed by atoms with van der Waals surface area (Å²) in [5.41, 5.74) is 6.01. The van der Waals surface area contributed by atoms with Crippen LogP contribution in [0, 0.1) is 10.1 Å². The molecule has 6 rings (SSSR count). The van der Waals surface area contributed by atoms with Gasteiger partial charge in [0.2, 0.25) is 0 Å². The summed E-state index contributed by atoms with van der Waals surface area (Å²) >= 11 is 3.01. The lowest BCUT2D eigenvalue weighted by Crippen LogP contribution is -2.29. The summed E-state index contributed by atoms with van der Waals surface area (Å²) in [6.07, 6.45) is 0.619. The molecule has 1 fully saturated rings. The van der Waals surface area contributed by atoms with Crippen LogP contribution in [0.15, 0.2) is 74.4 Å². The standard InChI is InChI=1S/C28H24N4O4S2/c1-4-30-23-15-20(36-3)8-11-24(23)37-27(30)25-26(33)31(5-2)28(38-25)29-18-6-9-21-16(13-18)12-17-14-19(32(34)35)7-10-22(17)21/h6-11,13-15H,4-5,12H2,1-3H3. The smallest absolute Gasteiger partial charge is 0.269 e. The Bertz CT molecular complexity index is 1580. The fraction of sp³-hybridized carbons (Fsp3) is 0.214. The van der Waals surface area contributed by atoms with Gasteiger partial charge in [-0.1, -0.05) is 17.8 Å². The first-order valence-electron chi connectivity index (χ1n) is 12.3. The number of carbonyl (C=O) groups is 1. The molecule has 3 aromatic rings. The molecular formula is C28H24N4O4S2. The summed E-state index contributed by atoms with van der Waals surface area (Å²) in [4.78, 5) is 34.9. The Labute approximate surface area is 228 Å². The number of amidine groups is 1. The van der Waals surface area contributed by atoms with Crippen molar-refractivity contribution in [1.82, 2.24) is 4.90 Å². The summed E-state index contributed by atoms with van der Waals surface area (Å²) in [6.45, 7) is 5.26. The number of likely N-dealkylation sites (N-methyl/N-ethyl adjacent to an activating group) is 1. The van der Waals surface area contributed by atoms with E-state index in [2.05, 4.69) is 11.8 Å². The Morgan fingerprint density at radius 1 is 0.974 bits per heavy atom. The molecule has 0 bridgehead atoms. The number of nitro groups is 1. The van der Waals surface area contributed by atoms with E-state index in [0.29, 0.717) is 23.0 Å². The highest BCUT2D eigenvalue weighted by Crippen LogP contribution is 2.51. The number of nitro benzene ring substituents is 1. The lowest BCUT2D eigenvalue weighted by molar-refractivity contribution is -0.384. The molecule has 1 aliphatic carbocycles. The maximum absolute atomic E-state index is 13.5. The number of rotatable bonds is 5.